The van der Waals surface area contributed by atoms with Gasteiger partial charge in [-0.2, -0.15) is 0 Å². The van der Waals surface area contributed by atoms with Gasteiger partial charge in [-0.3, -0.25) is 0 Å². The van der Waals surface area contributed by atoms with Crippen molar-refractivity contribution >= 4 is 17.3 Å². The predicted molar refractivity (Wildman–Crippen MR) is 81.5 cm³/mol. The van der Waals surface area contributed by atoms with Gasteiger partial charge in [-0.15, -0.1) is 11.3 Å². The Hall–Kier alpha value is -2.08. The van der Waals surface area contributed by atoms with E-state index in [4.69, 9.17) is 14.6 Å². The van der Waals surface area contributed by atoms with Crippen molar-refractivity contribution in [2.75, 3.05) is 13.2 Å². The van der Waals surface area contributed by atoms with Gasteiger partial charge in [0.15, 0.2) is 17.2 Å². The molecule has 0 bridgehead atoms. The van der Waals surface area contributed by atoms with Crippen LogP contribution in [-0.4, -0.2) is 29.3 Å². The summed E-state index contributed by atoms with van der Waals surface area (Å²) < 4.78 is 11.2. The molecule has 0 atom stereocenters. The molecule has 1 aromatic carbocycles. The molecule has 0 saturated carbocycles. The van der Waals surface area contributed by atoms with E-state index in [0.29, 0.717) is 29.7 Å². The standard InChI is InChI=1S/C15H17NO4S/c1-3-7-20-12-6-5-10(8-13(12)19-4-2)14-16-11(9-21-14)15(17)18/h5-6,8-9H,3-4,7H2,1-2H3,(H,17,18). The summed E-state index contributed by atoms with van der Waals surface area (Å²) in [7, 11) is 0. The molecular formula is C15H17NO4S. The normalized spacial score (nSPS) is 10.4. The molecule has 21 heavy (non-hydrogen) atoms. The van der Waals surface area contributed by atoms with Crippen molar-refractivity contribution in [1.82, 2.24) is 4.98 Å². The lowest BCUT2D eigenvalue weighted by Crippen LogP contribution is -2.00. The van der Waals surface area contributed by atoms with Crippen molar-refractivity contribution in [3.63, 3.8) is 0 Å². The Bertz CT molecular complexity index is 624. The van der Waals surface area contributed by atoms with E-state index in [1.54, 1.807) is 0 Å². The van der Waals surface area contributed by atoms with Gasteiger partial charge in [0.25, 0.3) is 0 Å². The lowest BCUT2D eigenvalue weighted by atomic mass is 10.2. The highest BCUT2D eigenvalue weighted by molar-refractivity contribution is 7.13. The molecular weight excluding hydrogens is 290 g/mol. The lowest BCUT2D eigenvalue weighted by Gasteiger charge is -2.12. The van der Waals surface area contributed by atoms with E-state index in [1.807, 2.05) is 32.0 Å². The largest absolute Gasteiger partial charge is 0.490 e. The Morgan fingerprint density at radius 1 is 1.29 bits per heavy atom. The molecule has 6 heteroatoms. The molecule has 0 spiro atoms. The number of carbonyl (C=O) groups is 1. The SMILES string of the molecule is CCCOc1ccc(-c2nc(C(=O)O)cs2)cc1OCC. The van der Waals surface area contributed by atoms with Gasteiger partial charge in [0.1, 0.15) is 5.01 Å². The third-order valence-electron chi connectivity index (χ3n) is 2.68. The second kappa shape index (κ2) is 7.08. The second-order valence-corrected chi connectivity index (χ2v) is 5.14. The van der Waals surface area contributed by atoms with Crippen LogP contribution in [0.5, 0.6) is 11.5 Å². The van der Waals surface area contributed by atoms with E-state index in [9.17, 15) is 4.79 Å². The number of hydrogen-bond donors (Lipinski definition) is 1. The van der Waals surface area contributed by atoms with Gasteiger partial charge in [-0.25, -0.2) is 9.78 Å². The molecule has 1 aromatic heterocycles. The maximum Gasteiger partial charge on any atom is 0.355 e. The number of carboxylic acids is 1. The molecule has 2 aromatic rings. The third-order valence-corrected chi connectivity index (χ3v) is 3.57. The smallest absolute Gasteiger partial charge is 0.355 e. The first-order valence-corrected chi connectivity index (χ1v) is 7.62. The molecule has 0 aliphatic rings. The van der Waals surface area contributed by atoms with Crippen LogP contribution in [0.2, 0.25) is 0 Å². The number of benzene rings is 1. The average molecular weight is 307 g/mol. The molecule has 0 saturated heterocycles. The van der Waals surface area contributed by atoms with Gasteiger partial charge in [0, 0.05) is 10.9 Å². The average Bonchev–Trinajstić information content (AvgIpc) is 2.96. The maximum atomic E-state index is 10.9. The van der Waals surface area contributed by atoms with Crippen molar-refractivity contribution in [3.8, 4) is 22.1 Å². The Kier molecular flexibility index (Phi) is 5.16. The van der Waals surface area contributed by atoms with Crippen molar-refractivity contribution in [1.29, 1.82) is 0 Å². The summed E-state index contributed by atoms with van der Waals surface area (Å²) in [5, 5.41) is 11.1. The van der Waals surface area contributed by atoms with Crippen LogP contribution in [0.25, 0.3) is 10.6 Å². The third kappa shape index (κ3) is 3.72. The van der Waals surface area contributed by atoms with Crippen molar-refractivity contribution < 1.29 is 19.4 Å². The van der Waals surface area contributed by atoms with Gasteiger partial charge >= 0.3 is 5.97 Å². The number of ether oxygens (including phenoxy) is 2. The van der Waals surface area contributed by atoms with E-state index in [2.05, 4.69) is 4.98 Å². The number of rotatable bonds is 7. The van der Waals surface area contributed by atoms with Gasteiger partial charge in [0.05, 0.1) is 13.2 Å². The number of nitrogens with zero attached hydrogens (tertiary/aromatic N) is 1. The fraction of sp³-hybridized carbons (Fsp3) is 0.333. The Labute approximate surface area is 127 Å². The van der Waals surface area contributed by atoms with Crippen LogP contribution in [0.1, 0.15) is 30.8 Å². The van der Waals surface area contributed by atoms with Crippen LogP contribution in [0.15, 0.2) is 23.6 Å². The highest BCUT2D eigenvalue weighted by Crippen LogP contribution is 2.34. The maximum absolute atomic E-state index is 10.9. The molecule has 1 N–H and O–H groups in total. The topological polar surface area (TPSA) is 68.7 Å². The summed E-state index contributed by atoms with van der Waals surface area (Å²) in [6.07, 6.45) is 0.918. The van der Waals surface area contributed by atoms with Crippen molar-refractivity contribution in [2.24, 2.45) is 0 Å². The van der Waals surface area contributed by atoms with Crippen LogP contribution < -0.4 is 9.47 Å². The minimum Gasteiger partial charge on any atom is -0.490 e. The summed E-state index contributed by atoms with van der Waals surface area (Å²) in [5.74, 6) is 0.318. The Morgan fingerprint density at radius 3 is 2.71 bits per heavy atom. The molecule has 0 amide bonds. The molecule has 0 fully saturated rings. The predicted octanol–water partition coefficient (Wildman–Crippen LogP) is 3.70. The summed E-state index contributed by atoms with van der Waals surface area (Å²) in [6, 6.07) is 5.52. The quantitative estimate of drug-likeness (QED) is 0.844. The number of thiazole rings is 1. The fourth-order valence-corrected chi connectivity index (χ4v) is 2.54. The van der Waals surface area contributed by atoms with Crippen LogP contribution >= 0.6 is 11.3 Å². The second-order valence-electron chi connectivity index (χ2n) is 4.29. The summed E-state index contributed by atoms with van der Waals surface area (Å²) in [4.78, 5) is 15.0. The molecule has 5 nitrogen and oxygen atoms in total. The molecule has 2 rings (SSSR count). The van der Waals surface area contributed by atoms with Crippen molar-refractivity contribution in [3.05, 3.63) is 29.3 Å². The van der Waals surface area contributed by atoms with Gasteiger partial charge < -0.3 is 14.6 Å². The minimum absolute atomic E-state index is 0.0549. The molecule has 0 unspecified atom stereocenters. The molecule has 1 heterocycles. The van der Waals surface area contributed by atoms with Gasteiger partial charge in [-0.1, -0.05) is 6.92 Å². The minimum atomic E-state index is -1.02. The highest BCUT2D eigenvalue weighted by Gasteiger charge is 2.13. The number of aromatic carboxylic acids is 1. The Balaban J connectivity index is 2.31. The monoisotopic (exact) mass is 307 g/mol. The molecule has 0 radical (unpaired) electrons. The first-order valence-electron chi connectivity index (χ1n) is 6.74. The molecule has 0 aliphatic carbocycles. The Morgan fingerprint density at radius 2 is 2.10 bits per heavy atom. The summed E-state index contributed by atoms with van der Waals surface area (Å²) >= 11 is 1.29. The van der Waals surface area contributed by atoms with E-state index in [-0.39, 0.29) is 5.69 Å². The summed E-state index contributed by atoms with van der Waals surface area (Å²) in [6.45, 7) is 5.10. The zero-order valence-electron chi connectivity index (χ0n) is 12.0. The van der Waals surface area contributed by atoms with E-state index >= 15 is 0 Å². The van der Waals surface area contributed by atoms with E-state index < -0.39 is 5.97 Å². The number of hydrogen-bond acceptors (Lipinski definition) is 5. The zero-order valence-corrected chi connectivity index (χ0v) is 12.8. The zero-order chi connectivity index (χ0) is 15.2. The number of carboxylic acid groups (broad SMARTS) is 1. The van der Waals surface area contributed by atoms with Crippen molar-refractivity contribution in [2.45, 2.75) is 20.3 Å². The van der Waals surface area contributed by atoms with Crippen LogP contribution in [0.3, 0.4) is 0 Å². The first kappa shape index (κ1) is 15.3. The van der Waals surface area contributed by atoms with Gasteiger partial charge in [0.2, 0.25) is 0 Å². The summed E-state index contributed by atoms with van der Waals surface area (Å²) in [5.41, 5.74) is 0.874. The number of aromatic nitrogens is 1. The van der Waals surface area contributed by atoms with E-state index in [0.717, 1.165) is 12.0 Å². The van der Waals surface area contributed by atoms with Crippen LogP contribution in [-0.2, 0) is 0 Å². The highest BCUT2D eigenvalue weighted by atomic mass is 32.1. The van der Waals surface area contributed by atoms with Gasteiger partial charge in [-0.05, 0) is 31.5 Å². The lowest BCUT2D eigenvalue weighted by molar-refractivity contribution is 0.0691. The molecule has 112 valence electrons. The fourth-order valence-electron chi connectivity index (χ4n) is 1.75. The van der Waals surface area contributed by atoms with E-state index in [1.165, 1.54) is 16.7 Å². The first-order chi connectivity index (χ1) is 10.2. The molecule has 0 aliphatic heterocycles. The van der Waals surface area contributed by atoms with Crippen LogP contribution in [0.4, 0.5) is 0 Å². The van der Waals surface area contributed by atoms with Crippen LogP contribution in [0, 0.1) is 0 Å².